The molecule has 2 heterocycles. The molecule has 1 aliphatic carbocycles. The van der Waals surface area contributed by atoms with Gasteiger partial charge in [0, 0.05) is 23.8 Å². The number of rotatable bonds is 7. The summed E-state index contributed by atoms with van der Waals surface area (Å²) in [6, 6.07) is 2.89. The van der Waals surface area contributed by atoms with Crippen LogP contribution in [0.3, 0.4) is 0 Å². The maximum Gasteiger partial charge on any atom is 0.526 e. The molecule has 10 heteroatoms. The number of nitrogens with two attached hydrogens (primary N) is 1. The highest BCUT2D eigenvalue weighted by Crippen LogP contribution is 2.60. The van der Waals surface area contributed by atoms with Crippen LogP contribution in [-0.4, -0.2) is 70.6 Å². The highest BCUT2D eigenvalue weighted by atomic mass is 32.2. The van der Waals surface area contributed by atoms with E-state index in [1.54, 1.807) is 4.90 Å². The number of carbonyl (C=O) groups is 2. The molecule has 4 rings (SSSR count). The van der Waals surface area contributed by atoms with Gasteiger partial charge in [-0.2, -0.15) is 0 Å². The van der Waals surface area contributed by atoms with Crippen molar-refractivity contribution in [3.05, 3.63) is 23.3 Å². The predicted octanol–water partition coefficient (Wildman–Crippen LogP) is 0.375. The number of fused-ring (bicyclic) bond motifs is 3. The smallest absolute Gasteiger partial charge is 0.526 e. The van der Waals surface area contributed by atoms with Gasteiger partial charge < -0.3 is 30.5 Å². The molecular weight excluding hydrogens is 383 g/mol. The molecule has 2 aliphatic heterocycles. The van der Waals surface area contributed by atoms with Crippen molar-refractivity contribution < 1.29 is 29.5 Å². The first-order chi connectivity index (χ1) is 13.4. The molecule has 0 spiro atoms. The Labute approximate surface area is 167 Å². The molecule has 1 saturated heterocycles. The van der Waals surface area contributed by atoms with Crippen molar-refractivity contribution in [3.8, 4) is 5.75 Å². The zero-order valence-electron chi connectivity index (χ0n) is 15.3. The highest BCUT2D eigenvalue weighted by Gasteiger charge is 2.54. The van der Waals surface area contributed by atoms with E-state index in [4.69, 9.17) is 15.5 Å². The third kappa shape index (κ3) is 3.50. The fraction of sp³-hybridized carbons (Fsp3) is 0.556. The number of carbonyl (C=O) groups excluding carboxylic acids is 1. The first-order valence-corrected chi connectivity index (χ1v) is 10.4. The molecule has 2 unspecified atom stereocenters. The van der Waals surface area contributed by atoms with Gasteiger partial charge in [-0.1, -0.05) is 6.07 Å². The molecule has 3 aliphatic rings. The number of aliphatic hydroxyl groups excluding tert-OH is 1. The Morgan fingerprint density at radius 2 is 2.14 bits per heavy atom. The van der Waals surface area contributed by atoms with Crippen LogP contribution < -0.4 is 10.4 Å². The van der Waals surface area contributed by atoms with Gasteiger partial charge in [0.1, 0.15) is 17.4 Å². The van der Waals surface area contributed by atoms with E-state index in [0.29, 0.717) is 35.4 Å². The Balaban J connectivity index is 1.35. The van der Waals surface area contributed by atoms with Crippen LogP contribution in [0, 0.1) is 5.92 Å². The zero-order valence-corrected chi connectivity index (χ0v) is 16.1. The van der Waals surface area contributed by atoms with Crippen molar-refractivity contribution >= 4 is 30.8 Å². The maximum absolute atomic E-state index is 11.8. The van der Waals surface area contributed by atoms with Crippen LogP contribution in [0.4, 0.5) is 0 Å². The molecule has 0 bridgehead atoms. The number of thioether (sulfide) groups is 1. The second-order valence-electron chi connectivity index (χ2n) is 7.71. The lowest BCUT2D eigenvalue weighted by molar-refractivity contribution is -0.139. The Morgan fingerprint density at radius 3 is 2.82 bits per heavy atom. The number of carboxylic acids is 1. The largest absolute Gasteiger partial charge is 0.535 e. The number of likely N-dealkylation sites (tertiary alicyclic amines) is 1. The maximum atomic E-state index is 11.8. The van der Waals surface area contributed by atoms with Gasteiger partial charge in [-0.15, -0.1) is 11.8 Å². The minimum absolute atomic E-state index is 0.0795. The monoisotopic (exact) mass is 406 g/mol. The van der Waals surface area contributed by atoms with Crippen LogP contribution in [0.2, 0.25) is 5.82 Å². The van der Waals surface area contributed by atoms with Crippen LogP contribution in [0.1, 0.15) is 34.7 Å². The fourth-order valence-electron chi connectivity index (χ4n) is 4.00. The van der Waals surface area contributed by atoms with Crippen LogP contribution in [0.5, 0.6) is 5.75 Å². The second kappa shape index (κ2) is 7.59. The number of aliphatic hydroxyl groups is 1. The van der Waals surface area contributed by atoms with Crippen LogP contribution in [-0.2, 0) is 4.79 Å². The molecule has 1 amide bonds. The summed E-state index contributed by atoms with van der Waals surface area (Å²) in [7, 11) is -0.931. The summed E-state index contributed by atoms with van der Waals surface area (Å²) in [5.74, 6) is 0.357. The van der Waals surface area contributed by atoms with Crippen molar-refractivity contribution in [1.82, 2.24) is 4.90 Å². The van der Waals surface area contributed by atoms with Crippen molar-refractivity contribution in [3.63, 3.8) is 0 Å². The third-order valence-corrected chi connectivity index (χ3v) is 6.87. The first-order valence-electron chi connectivity index (χ1n) is 9.43. The molecule has 2 fully saturated rings. The topological polar surface area (TPSA) is 133 Å². The van der Waals surface area contributed by atoms with E-state index >= 15 is 0 Å². The second-order valence-corrected chi connectivity index (χ2v) is 8.85. The summed E-state index contributed by atoms with van der Waals surface area (Å²) in [4.78, 5) is 26.0. The lowest BCUT2D eigenvalue weighted by Gasteiger charge is -2.40. The van der Waals surface area contributed by atoms with Gasteiger partial charge >= 0.3 is 13.1 Å². The van der Waals surface area contributed by atoms with E-state index < -0.39 is 19.1 Å². The summed E-state index contributed by atoms with van der Waals surface area (Å²) in [5.41, 5.74) is 6.55. The molecule has 150 valence electrons. The minimum atomic E-state index is -1.05. The SMILES string of the molecule is N[C@@H](CO)C(=O)N1CC(CCSc2ccc3c(c2C(=O)O)OB(O)C2CC32)C1. The average molecular weight is 406 g/mol. The van der Waals surface area contributed by atoms with Crippen molar-refractivity contribution in [1.29, 1.82) is 0 Å². The molecule has 0 aromatic heterocycles. The molecule has 0 radical (unpaired) electrons. The molecule has 3 atom stereocenters. The van der Waals surface area contributed by atoms with Gasteiger partial charge in [0.05, 0.1) is 6.61 Å². The lowest BCUT2D eigenvalue weighted by atomic mass is 9.77. The van der Waals surface area contributed by atoms with E-state index in [1.165, 1.54) is 11.8 Å². The Morgan fingerprint density at radius 1 is 1.39 bits per heavy atom. The van der Waals surface area contributed by atoms with E-state index in [-0.39, 0.29) is 29.8 Å². The quantitative estimate of drug-likeness (QED) is 0.377. The number of nitrogens with zero attached hydrogens (tertiary/aromatic N) is 1. The molecule has 28 heavy (non-hydrogen) atoms. The Hall–Kier alpha value is -1.75. The molecule has 8 nitrogen and oxygen atoms in total. The van der Waals surface area contributed by atoms with Gasteiger partial charge in [0.2, 0.25) is 5.91 Å². The highest BCUT2D eigenvalue weighted by molar-refractivity contribution is 7.99. The van der Waals surface area contributed by atoms with Gasteiger partial charge in [-0.3, -0.25) is 4.79 Å². The number of aromatic carboxylic acids is 1. The van der Waals surface area contributed by atoms with Gasteiger partial charge in [-0.25, -0.2) is 4.79 Å². The normalized spacial score (nSPS) is 24.0. The average Bonchev–Trinajstić information content (AvgIpc) is 3.43. The number of hydrogen-bond acceptors (Lipinski definition) is 7. The molecule has 1 aromatic carbocycles. The summed E-state index contributed by atoms with van der Waals surface area (Å²) >= 11 is 1.45. The van der Waals surface area contributed by atoms with Crippen molar-refractivity contribution in [2.45, 2.75) is 35.5 Å². The van der Waals surface area contributed by atoms with E-state index in [2.05, 4.69) is 0 Å². The van der Waals surface area contributed by atoms with Crippen LogP contribution in [0.15, 0.2) is 17.0 Å². The Bertz CT molecular complexity index is 803. The number of benzene rings is 1. The van der Waals surface area contributed by atoms with E-state index in [9.17, 15) is 19.7 Å². The number of carboxylic acid groups (broad SMARTS) is 1. The summed E-state index contributed by atoms with van der Waals surface area (Å²) in [6.45, 7) is 0.868. The third-order valence-electron chi connectivity index (χ3n) is 5.77. The summed E-state index contributed by atoms with van der Waals surface area (Å²) in [5, 5.41) is 28.6. The number of hydrogen-bond donors (Lipinski definition) is 4. The van der Waals surface area contributed by atoms with Crippen LogP contribution in [0.25, 0.3) is 0 Å². The first kappa shape index (κ1) is 19.6. The zero-order chi connectivity index (χ0) is 20.0. The van der Waals surface area contributed by atoms with E-state index in [0.717, 1.165) is 18.4 Å². The minimum Gasteiger partial charge on any atom is -0.535 e. The fourth-order valence-corrected chi connectivity index (χ4v) is 5.16. The number of amides is 1. The molecule has 5 N–H and O–H groups in total. The predicted molar refractivity (Wildman–Crippen MR) is 104 cm³/mol. The summed E-state index contributed by atoms with van der Waals surface area (Å²) in [6.07, 6.45) is 1.67. The molecule has 1 saturated carbocycles. The van der Waals surface area contributed by atoms with Crippen molar-refractivity contribution in [2.24, 2.45) is 11.7 Å². The molecule has 1 aromatic rings. The van der Waals surface area contributed by atoms with Gasteiger partial charge in [0.15, 0.2) is 0 Å². The standard InChI is InChI=1S/C18H23BN2O6S/c20-13(8-22)17(23)21-6-9(7-21)3-4-28-14-2-1-10-11-5-12(11)19(26)27-16(10)15(14)18(24)25/h1-2,9,11-13,22,26H,3-8,20H2,(H,24,25)/t11?,12?,13-/m0/s1. The van der Waals surface area contributed by atoms with Gasteiger partial charge in [0.25, 0.3) is 0 Å². The Kier molecular flexibility index (Phi) is 5.30. The van der Waals surface area contributed by atoms with Crippen LogP contribution >= 0.6 is 11.8 Å². The van der Waals surface area contributed by atoms with Crippen molar-refractivity contribution in [2.75, 3.05) is 25.4 Å². The summed E-state index contributed by atoms with van der Waals surface area (Å²) < 4.78 is 5.54. The molecular formula is C18H23BN2O6S. The lowest BCUT2D eigenvalue weighted by Crippen LogP contribution is -2.56. The van der Waals surface area contributed by atoms with Gasteiger partial charge in [-0.05, 0) is 42.1 Å². The van der Waals surface area contributed by atoms with E-state index in [1.807, 2.05) is 12.1 Å².